The number of amides is 1. The molecule has 4 aromatic rings. The van der Waals surface area contributed by atoms with Crippen LogP contribution in [0.25, 0.3) is 21.3 Å². The molecule has 1 fully saturated rings. The molecule has 2 aromatic carbocycles. The number of rotatable bonds is 8. The van der Waals surface area contributed by atoms with Crippen LogP contribution in [-0.2, 0) is 6.42 Å². The van der Waals surface area contributed by atoms with E-state index in [2.05, 4.69) is 27.9 Å². The molecule has 1 aliphatic heterocycles. The van der Waals surface area contributed by atoms with Crippen molar-refractivity contribution < 1.29 is 28.5 Å². The van der Waals surface area contributed by atoms with Crippen molar-refractivity contribution in [2.45, 2.75) is 19.4 Å². The van der Waals surface area contributed by atoms with Gasteiger partial charge in [-0.15, -0.1) is 11.3 Å². The number of anilines is 1. The lowest BCUT2D eigenvalue weighted by molar-refractivity contribution is 0.0506. The predicted molar refractivity (Wildman–Crippen MR) is 145 cm³/mol. The van der Waals surface area contributed by atoms with Gasteiger partial charge in [0.2, 0.25) is 0 Å². The Morgan fingerprint density at radius 1 is 1.05 bits per heavy atom. The molecule has 1 atom stereocenters. The van der Waals surface area contributed by atoms with Crippen LogP contribution in [0, 0.1) is 11.6 Å². The van der Waals surface area contributed by atoms with Gasteiger partial charge >= 0.3 is 6.01 Å². The zero-order valence-corrected chi connectivity index (χ0v) is 22.1. The maximum Gasteiger partial charge on any atom is 0.319 e. The van der Waals surface area contributed by atoms with Gasteiger partial charge in [0.05, 0.1) is 12.0 Å². The van der Waals surface area contributed by atoms with E-state index >= 15 is 0 Å². The average Bonchev–Trinajstić information content (AvgIpc) is 3.40. The lowest BCUT2D eigenvalue weighted by atomic mass is 10.0. The number of piperazine rings is 1. The smallest absolute Gasteiger partial charge is 0.319 e. The number of carbonyl (C=O) groups excluding carboxylic acids is 1. The van der Waals surface area contributed by atoms with E-state index in [1.54, 1.807) is 40.5 Å². The van der Waals surface area contributed by atoms with Crippen LogP contribution in [-0.4, -0.2) is 76.5 Å². The van der Waals surface area contributed by atoms with Crippen LogP contribution < -0.4 is 9.64 Å². The van der Waals surface area contributed by atoms with Crippen molar-refractivity contribution in [1.29, 1.82) is 0 Å². The van der Waals surface area contributed by atoms with Gasteiger partial charge in [-0.2, -0.15) is 9.97 Å². The molecule has 0 radical (unpaired) electrons. The minimum atomic E-state index is -1.03. The number of aliphatic hydroxyl groups is 2. The third kappa shape index (κ3) is 5.85. The number of aliphatic hydroxyl groups excluding tert-OH is 2. The molecule has 3 heterocycles. The van der Waals surface area contributed by atoms with E-state index in [0.717, 1.165) is 33.6 Å². The quantitative estimate of drug-likeness (QED) is 0.341. The molecule has 2 N–H and O–H groups in total. The van der Waals surface area contributed by atoms with Crippen molar-refractivity contribution in [3.05, 3.63) is 70.6 Å². The molecule has 8 nitrogen and oxygen atoms in total. The molecule has 39 heavy (non-hydrogen) atoms. The fourth-order valence-corrected chi connectivity index (χ4v) is 5.41. The first-order valence-corrected chi connectivity index (χ1v) is 13.5. The van der Waals surface area contributed by atoms with Crippen LogP contribution in [0.1, 0.15) is 22.2 Å². The van der Waals surface area contributed by atoms with E-state index in [9.17, 15) is 18.7 Å². The summed E-state index contributed by atoms with van der Waals surface area (Å²) in [6.07, 6.45) is -0.177. The van der Waals surface area contributed by atoms with Crippen LogP contribution in [0.15, 0.2) is 48.5 Å². The fourth-order valence-electron chi connectivity index (χ4n) is 4.45. The first kappa shape index (κ1) is 26.9. The Labute approximate surface area is 228 Å². The summed E-state index contributed by atoms with van der Waals surface area (Å²) in [5, 5.41) is 19.7. The first-order chi connectivity index (χ1) is 18.9. The summed E-state index contributed by atoms with van der Waals surface area (Å²) < 4.78 is 32.7. The van der Waals surface area contributed by atoms with Crippen LogP contribution in [0.5, 0.6) is 6.01 Å². The summed E-state index contributed by atoms with van der Waals surface area (Å²) in [5.74, 6) is -1.29. The first-order valence-electron chi connectivity index (χ1n) is 12.7. The van der Waals surface area contributed by atoms with Gasteiger partial charge in [-0.1, -0.05) is 25.1 Å². The molecule has 204 valence electrons. The molecular formula is C28H28F2N4O4S. The second-order valence-corrected chi connectivity index (χ2v) is 10.4. The predicted octanol–water partition coefficient (Wildman–Crippen LogP) is 3.89. The Morgan fingerprint density at radius 3 is 2.54 bits per heavy atom. The van der Waals surface area contributed by atoms with Gasteiger partial charge in [0.25, 0.3) is 5.91 Å². The highest BCUT2D eigenvalue weighted by Crippen LogP contribution is 2.33. The van der Waals surface area contributed by atoms with Crippen molar-refractivity contribution >= 4 is 33.3 Å². The van der Waals surface area contributed by atoms with E-state index in [-0.39, 0.29) is 18.5 Å². The molecule has 1 saturated heterocycles. The average molecular weight is 555 g/mol. The molecule has 2 aromatic heterocycles. The minimum Gasteiger partial charge on any atom is -0.461 e. The van der Waals surface area contributed by atoms with Gasteiger partial charge in [0.15, 0.2) is 11.6 Å². The number of nitrogens with zero attached hydrogens (tertiary/aromatic N) is 4. The number of aromatic nitrogens is 2. The second-order valence-electron chi connectivity index (χ2n) is 9.25. The van der Waals surface area contributed by atoms with Crippen LogP contribution >= 0.6 is 11.3 Å². The number of benzene rings is 2. The van der Waals surface area contributed by atoms with Gasteiger partial charge in [0, 0.05) is 36.6 Å². The fraction of sp³-hybridized carbons (Fsp3) is 0.321. The number of fused-ring (bicyclic) bond motifs is 1. The normalized spacial score (nSPS) is 14.6. The van der Waals surface area contributed by atoms with Gasteiger partial charge in [-0.3, -0.25) is 4.79 Å². The highest BCUT2D eigenvalue weighted by atomic mass is 32.1. The van der Waals surface area contributed by atoms with Crippen molar-refractivity contribution in [3.8, 4) is 17.1 Å². The Morgan fingerprint density at radius 2 is 1.82 bits per heavy atom. The number of carbonyl (C=O) groups is 1. The molecule has 5 rings (SSSR count). The van der Waals surface area contributed by atoms with E-state index in [0.29, 0.717) is 48.7 Å². The molecule has 0 saturated carbocycles. The Bertz CT molecular complexity index is 1490. The molecule has 1 aliphatic rings. The minimum absolute atomic E-state index is 0.126. The standard InChI is InChI=1S/C28H28F2N4O4S/c1-2-21-14-22-25(31-28(32-26(22)39-21)38-16-20(36)15-35)33-8-10-34(11-9-33)27(37)19-5-3-4-17(12-19)18-6-7-23(29)24(30)13-18/h3-7,12-14,20,35-36H,2,8-11,15-16H2,1H3/t20-/m1/s1. The number of thiophene rings is 1. The number of hydrogen-bond acceptors (Lipinski definition) is 8. The van der Waals surface area contributed by atoms with Crippen molar-refractivity contribution in [3.63, 3.8) is 0 Å². The monoisotopic (exact) mass is 554 g/mol. The molecule has 11 heteroatoms. The van der Waals surface area contributed by atoms with E-state index in [4.69, 9.17) is 9.84 Å². The van der Waals surface area contributed by atoms with Crippen LogP contribution in [0.2, 0.25) is 0 Å². The summed E-state index contributed by atoms with van der Waals surface area (Å²) >= 11 is 1.55. The summed E-state index contributed by atoms with van der Waals surface area (Å²) in [7, 11) is 0. The van der Waals surface area contributed by atoms with Crippen LogP contribution in [0.4, 0.5) is 14.6 Å². The van der Waals surface area contributed by atoms with Gasteiger partial charge < -0.3 is 24.7 Å². The lowest BCUT2D eigenvalue weighted by Gasteiger charge is -2.35. The zero-order valence-electron chi connectivity index (χ0n) is 21.3. The second kappa shape index (κ2) is 11.6. The number of hydrogen-bond donors (Lipinski definition) is 2. The molecule has 0 unspecified atom stereocenters. The maximum atomic E-state index is 13.7. The molecule has 0 bridgehead atoms. The van der Waals surface area contributed by atoms with Crippen LogP contribution in [0.3, 0.4) is 0 Å². The molecular weight excluding hydrogens is 526 g/mol. The van der Waals surface area contributed by atoms with Gasteiger partial charge in [0.1, 0.15) is 23.4 Å². The van der Waals surface area contributed by atoms with Crippen molar-refractivity contribution in [2.75, 3.05) is 44.3 Å². The maximum absolute atomic E-state index is 13.7. The number of halogens is 2. The molecule has 0 spiro atoms. The largest absolute Gasteiger partial charge is 0.461 e. The van der Waals surface area contributed by atoms with E-state index in [1.807, 2.05) is 0 Å². The SMILES string of the molecule is CCc1cc2c(N3CCN(C(=O)c4cccc(-c5ccc(F)c(F)c5)c4)CC3)nc(OC[C@H](O)CO)nc2s1. The van der Waals surface area contributed by atoms with Gasteiger partial charge in [-0.25, -0.2) is 8.78 Å². The highest BCUT2D eigenvalue weighted by Gasteiger charge is 2.26. The van der Waals surface area contributed by atoms with Crippen molar-refractivity contribution in [2.24, 2.45) is 0 Å². The highest BCUT2D eigenvalue weighted by molar-refractivity contribution is 7.18. The van der Waals surface area contributed by atoms with E-state index in [1.165, 1.54) is 6.07 Å². The summed E-state index contributed by atoms with van der Waals surface area (Å²) in [4.78, 5) is 28.2. The molecule has 1 amide bonds. The third-order valence-corrected chi connectivity index (χ3v) is 7.77. The van der Waals surface area contributed by atoms with Crippen molar-refractivity contribution in [1.82, 2.24) is 14.9 Å². The zero-order chi connectivity index (χ0) is 27.5. The summed E-state index contributed by atoms with van der Waals surface area (Å²) in [6.45, 7) is 3.52. The molecule has 0 aliphatic carbocycles. The number of aryl methyl sites for hydroxylation is 1. The third-order valence-electron chi connectivity index (χ3n) is 6.60. The van der Waals surface area contributed by atoms with E-state index < -0.39 is 24.3 Å². The lowest BCUT2D eigenvalue weighted by Crippen LogP contribution is -2.49. The summed E-state index contributed by atoms with van der Waals surface area (Å²) in [6, 6.07) is 12.8. The Hall–Kier alpha value is -3.67. The summed E-state index contributed by atoms with van der Waals surface area (Å²) in [5.41, 5.74) is 1.59. The van der Waals surface area contributed by atoms with Gasteiger partial charge in [-0.05, 0) is 47.9 Å². The Balaban J connectivity index is 1.32. The number of ether oxygens (including phenoxy) is 1. The Kier molecular flexibility index (Phi) is 8.01. The topological polar surface area (TPSA) is 99.0 Å².